The molecule has 0 bridgehead atoms. The van der Waals surface area contributed by atoms with Gasteiger partial charge in [-0.05, 0) is 19.4 Å². The Morgan fingerprint density at radius 1 is 1.25 bits per heavy atom. The Hall–Kier alpha value is -1.72. The van der Waals surface area contributed by atoms with Crippen molar-refractivity contribution in [3.63, 3.8) is 0 Å². The van der Waals surface area contributed by atoms with Crippen LogP contribution in [0.15, 0.2) is 34.9 Å². The predicted molar refractivity (Wildman–Crippen MR) is 74.9 cm³/mol. The number of aliphatic hydroxyl groups excluding tert-OH is 1. The van der Waals surface area contributed by atoms with Gasteiger partial charge >= 0.3 is 0 Å². The maximum Gasteiger partial charge on any atom is 0.241 e. The summed E-state index contributed by atoms with van der Waals surface area (Å²) in [6, 6.07) is 10.0. The van der Waals surface area contributed by atoms with E-state index in [2.05, 4.69) is 15.0 Å². The summed E-state index contributed by atoms with van der Waals surface area (Å²) in [7, 11) is 0. The molecule has 0 radical (unpaired) electrons. The molecular formula is C15H19N3O2. The molecule has 1 aliphatic heterocycles. The highest BCUT2D eigenvalue weighted by Crippen LogP contribution is 2.20. The molecule has 1 N–H and O–H groups in total. The number of nitrogens with zero attached hydrogens (tertiary/aromatic N) is 3. The molecule has 0 saturated carbocycles. The lowest BCUT2D eigenvalue weighted by Gasteiger charge is -2.33. The van der Waals surface area contributed by atoms with Crippen molar-refractivity contribution in [2.75, 3.05) is 13.2 Å². The maximum atomic E-state index is 9.41. The SMILES string of the molecule is OCC1CCCCN1Cc1nc(-c2ccccc2)no1. The number of aromatic nitrogens is 2. The van der Waals surface area contributed by atoms with Gasteiger partial charge in [-0.15, -0.1) is 0 Å². The summed E-state index contributed by atoms with van der Waals surface area (Å²) in [6.45, 7) is 1.79. The monoisotopic (exact) mass is 273 g/mol. The molecule has 0 amide bonds. The number of hydrogen-bond acceptors (Lipinski definition) is 5. The first kappa shape index (κ1) is 13.3. The van der Waals surface area contributed by atoms with E-state index in [1.165, 1.54) is 6.42 Å². The molecule has 2 aromatic rings. The van der Waals surface area contributed by atoms with Crippen molar-refractivity contribution in [2.24, 2.45) is 0 Å². The topological polar surface area (TPSA) is 62.4 Å². The summed E-state index contributed by atoms with van der Waals surface area (Å²) >= 11 is 0. The van der Waals surface area contributed by atoms with Crippen LogP contribution in [-0.2, 0) is 6.54 Å². The molecule has 20 heavy (non-hydrogen) atoms. The largest absolute Gasteiger partial charge is 0.395 e. The summed E-state index contributed by atoms with van der Waals surface area (Å²) in [5.74, 6) is 1.24. The third-order valence-electron chi connectivity index (χ3n) is 3.80. The number of piperidine rings is 1. The van der Waals surface area contributed by atoms with E-state index in [4.69, 9.17) is 4.52 Å². The summed E-state index contributed by atoms with van der Waals surface area (Å²) < 4.78 is 5.33. The average molecular weight is 273 g/mol. The number of likely N-dealkylation sites (tertiary alicyclic amines) is 1. The van der Waals surface area contributed by atoms with E-state index in [9.17, 15) is 5.11 Å². The molecule has 1 aromatic carbocycles. The van der Waals surface area contributed by atoms with Crippen LogP contribution in [-0.4, -0.2) is 39.3 Å². The summed E-state index contributed by atoms with van der Waals surface area (Å²) in [5.41, 5.74) is 0.958. The Morgan fingerprint density at radius 3 is 2.90 bits per heavy atom. The van der Waals surface area contributed by atoms with Gasteiger partial charge in [-0.25, -0.2) is 0 Å². The van der Waals surface area contributed by atoms with Crippen molar-refractivity contribution in [2.45, 2.75) is 31.8 Å². The van der Waals surface area contributed by atoms with Gasteiger partial charge in [-0.1, -0.05) is 41.9 Å². The Bertz CT molecular complexity index is 541. The van der Waals surface area contributed by atoms with Crippen molar-refractivity contribution >= 4 is 0 Å². The zero-order valence-electron chi connectivity index (χ0n) is 11.4. The van der Waals surface area contributed by atoms with Gasteiger partial charge in [0, 0.05) is 11.6 Å². The standard InChI is InChI=1S/C15H19N3O2/c19-11-13-8-4-5-9-18(13)10-14-16-15(17-20-14)12-6-2-1-3-7-12/h1-3,6-7,13,19H,4-5,8-11H2. The summed E-state index contributed by atoms with van der Waals surface area (Å²) in [4.78, 5) is 6.67. The molecule has 1 aliphatic rings. The molecule has 5 heteroatoms. The minimum atomic E-state index is 0.194. The van der Waals surface area contributed by atoms with Gasteiger partial charge in [0.1, 0.15) is 0 Å². The Labute approximate surface area is 118 Å². The third-order valence-corrected chi connectivity index (χ3v) is 3.80. The lowest BCUT2D eigenvalue weighted by molar-refractivity contribution is 0.0749. The molecule has 106 valence electrons. The van der Waals surface area contributed by atoms with Gasteiger partial charge < -0.3 is 9.63 Å². The quantitative estimate of drug-likeness (QED) is 0.924. The maximum absolute atomic E-state index is 9.41. The van der Waals surface area contributed by atoms with Gasteiger partial charge in [-0.2, -0.15) is 4.98 Å². The number of rotatable bonds is 4. The molecule has 1 fully saturated rings. The van der Waals surface area contributed by atoms with Gasteiger partial charge in [0.2, 0.25) is 11.7 Å². The van der Waals surface area contributed by atoms with E-state index in [0.29, 0.717) is 18.3 Å². The summed E-state index contributed by atoms with van der Waals surface area (Å²) in [5, 5.41) is 13.4. The van der Waals surface area contributed by atoms with E-state index in [1.807, 2.05) is 30.3 Å². The molecule has 0 spiro atoms. The van der Waals surface area contributed by atoms with Crippen LogP contribution >= 0.6 is 0 Å². The van der Waals surface area contributed by atoms with Crippen LogP contribution in [0.3, 0.4) is 0 Å². The molecule has 1 unspecified atom stereocenters. The van der Waals surface area contributed by atoms with Gasteiger partial charge in [0.25, 0.3) is 0 Å². The van der Waals surface area contributed by atoms with Crippen molar-refractivity contribution in [3.8, 4) is 11.4 Å². The molecule has 0 aliphatic carbocycles. The van der Waals surface area contributed by atoms with Crippen LogP contribution in [0.1, 0.15) is 25.2 Å². The Kier molecular flexibility index (Phi) is 4.08. The number of hydrogen-bond donors (Lipinski definition) is 1. The fourth-order valence-electron chi connectivity index (χ4n) is 2.67. The first-order valence-electron chi connectivity index (χ1n) is 7.10. The van der Waals surface area contributed by atoms with E-state index in [-0.39, 0.29) is 12.6 Å². The normalized spacial score (nSPS) is 20.1. The highest BCUT2D eigenvalue weighted by atomic mass is 16.5. The lowest BCUT2D eigenvalue weighted by Crippen LogP contribution is -2.41. The third kappa shape index (κ3) is 2.89. The van der Waals surface area contributed by atoms with Crippen LogP contribution in [0.2, 0.25) is 0 Å². The molecule has 1 saturated heterocycles. The van der Waals surface area contributed by atoms with E-state index < -0.39 is 0 Å². The highest BCUT2D eigenvalue weighted by molar-refractivity contribution is 5.53. The van der Waals surface area contributed by atoms with Gasteiger partial charge in [0.15, 0.2) is 0 Å². The number of aliphatic hydroxyl groups is 1. The summed E-state index contributed by atoms with van der Waals surface area (Å²) in [6.07, 6.45) is 3.38. The first-order valence-corrected chi connectivity index (χ1v) is 7.10. The molecule has 1 atom stereocenters. The van der Waals surface area contributed by atoms with Crippen LogP contribution < -0.4 is 0 Å². The first-order chi connectivity index (χ1) is 9.86. The zero-order valence-corrected chi connectivity index (χ0v) is 11.4. The van der Waals surface area contributed by atoms with Crippen LogP contribution in [0, 0.1) is 0 Å². The van der Waals surface area contributed by atoms with E-state index in [1.54, 1.807) is 0 Å². The fraction of sp³-hybridized carbons (Fsp3) is 0.467. The van der Waals surface area contributed by atoms with Crippen LogP contribution in [0.5, 0.6) is 0 Å². The molecule has 5 nitrogen and oxygen atoms in total. The zero-order chi connectivity index (χ0) is 13.8. The Balaban J connectivity index is 1.71. The van der Waals surface area contributed by atoms with Crippen LogP contribution in [0.4, 0.5) is 0 Å². The van der Waals surface area contributed by atoms with Crippen molar-refractivity contribution in [1.29, 1.82) is 0 Å². The second-order valence-electron chi connectivity index (χ2n) is 5.18. The molecule has 3 rings (SSSR count). The van der Waals surface area contributed by atoms with E-state index in [0.717, 1.165) is 24.9 Å². The van der Waals surface area contributed by atoms with Crippen molar-refractivity contribution < 1.29 is 9.63 Å². The Morgan fingerprint density at radius 2 is 2.10 bits per heavy atom. The van der Waals surface area contributed by atoms with Crippen molar-refractivity contribution in [1.82, 2.24) is 15.0 Å². The average Bonchev–Trinajstić information content (AvgIpc) is 2.97. The molecular weight excluding hydrogens is 254 g/mol. The van der Waals surface area contributed by atoms with Gasteiger partial charge in [-0.3, -0.25) is 4.90 Å². The second-order valence-corrected chi connectivity index (χ2v) is 5.18. The second kappa shape index (κ2) is 6.15. The molecule has 2 heterocycles. The highest BCUT2D eigenvalue weighted by Gasteiger charge is 2.23. The molecule has 1 aromatic heterocycles. The van der Waals surface area contributed by atoms with Crippen molar-refractivity contribution in [3.05, 3.63) is 36.2 Å². The smallest absolute Gasteiger partial charge is 0.241 e. The fourth-order valence-corrected chi connectivity index (χ4v) is 2.67. The predicted octanol–water partition coefficient (Wildman–Crippen LogP) is 2.08. The minimum absolute atomic E-state index is 0.194. The lowest BCUT2D eigenvalue weighted by atomic mass is 10.0. The number of benzene rings is 1. The van der Waals surface area contributed by atoms with Crippen LogP contribution in [0.25, 0.3) is 11.4 Å². The van der Waals surface area contributed by atoms with E-state index >= 15 is 0 Å². The van der Waals surface area contributed by atoms with Gasteiger partial charge in [0.05, 0.1) is 13.2 Å². The minimum Gasteiger partial charge on any atom is -0.395 e.